The molecule has 0 aromatic carbocycles. The van der Waals surface area contributed by atoms with Crippen LogP contribution in [0.15, 0.2) is 22.5 Å². The van der Waals surface area contributed by atoms with Crippen molar-refractivity contribution in [3.05, 3.63) is 22.5 Å². The van der Waals surface area contributed by atoms with Crippen molar-refractivity contribution < 1.29 is 0 Å². The van der Waals surface area contributed by atoms with Crippen molar-refractivity contribution in [2.24, 2.45) is 0 Å². The Hall–Kier alpha value is 0.560. The predicted octanol–water partition coefficient (Wildman–Crippen LogP) is 5.15. The minimum absolute atomic E-state index is 0.512. The Morgan fingerprint density at radius 2 is 2.08 bits per heavy atom. The fraction of sp³-hybridized carbons (Fsp3) is 0.636. The van der Waals surface area contributed by atoms with Crippen molar-refractivity contribution in [3.63, 3.8) is 0 Å². The standard InChI is InChI=1S/C11H19IS/c1-3-4-5-6-9-13(12)10-7-8-11(13)2/h7-8,10H,3-6,9H2,1-2H3. The molecule has 2 heteroatoms. The molecule has 0 saturated heterocycles. The van der Waals surface area contributed by atoms with Gasteiger partial charge in [-0.1, -0.05) is 38.3 Å². The summed E-state index contributed by atoms with van der Waals surface area (Å²) in [4.78, 5) is 1.60. The summed E-state index contributed by atoms with van der Waals surface area (Å²) in [6.45, 7) is 4.55. The first-order valence-electron chi connectivity index (χ1n) is 5.05. The molecule has 0 N–H and O–H groups in total. The number of rotatable bonds is 5. The van der Waals surface area contributed by atoms with Crippen molar-refractivity contribution >= 4 is 28.4 Å². The largest absolute Gasteiger partial charge is 0.144 e. The third-order valence-corrected chi connectivity index (χ3v) is 9.42. The quantitative estimate of drug-likeness (QED) is 0.486. The molecule has 1 unspecified atom stereocenters. The van der Waals surface area contributed by atoms with Crippen LogP contribution in [0.3, 0.4) is 0 Å². The average Bonchev–Trinajstić information content (AvgIpc) is 2.42. The molecule has 0 saturated carbocycles. The maximum atomic E-state index is 2.67. The van der Waals surface area contributed by atoms with Gasteiger partial charge in [0.15, 0.2) is 0 Å². The maximum Gasteiger partial charge on any atom is -0.00705 e. The second-order valence-corrected chi connectivity index (χ2v) is 11.0. The van der Waals surface area contributed by atoms with Crippen molar-refractivity contribution in [2.45, 2.75) is 39.5 Å². The van der Waals surface area contributed by atoms with Crippen LogP contribution in [0.5, 0.6) is 0 Å². The Bertz CT molecular complexity index is 220. The van der Waals surface area contributed by atoms with Crippen LogP contribution in [0.25, 0.3) is 0 Å². The van der Waals surface area contributed by atoms with Gasteiger partial charge in [-0.3, -0.25) is 0 Å². The molecule has 0 nitrogen and oxygen atoms in total. The van der Waals surface area contributed by atoms with E-state index in [2.05, 4.69) is 52.6 Å². The minimum Gasteiger partial charge on any atom is -0.144 e. The molecule has 0 bridgehead atoms. The van der Waals surface area contributed by atoms with Gasteiger partial charge < -0.3 is 0 Å². The lowest BCUT2D eigenvalue weighted by molar-refractivity contribution is 0.706. The number of allylic oxidation sites excluding steroid dienone is 3. The Morgan fingerprint density at radius 3 is 2.62 bits per heavy atom. The monoisotopic (exact) mass is 310 g/mol. The number of unbranched alkanes of at least 4 members (excludes halogenated alkanes) is 3. The molecule has 0 amide bonds. The lowest BCUT2D eigenvalue weighted by atomic mass is 10.2. The lowest BCUT2D eigenvalue weighted by Crippen LogP contribution is -1.93. The molecule has 0 radical (unpaired) electrons. The summed E-state index contributed by atoms with van der Waals surface area (Å²) in [5.41, 5.74) is 0. The molecule has 0 fully saturated rings. The highest BCUT2D eigenvalue weighted by Crippen LogP contribution is 2.66. The van der Waals surface area contributed by atoms with E-state index in [0.717, 1.165) is 0 Å². The van der Waals surface area contributed by atoms with E-state index in [1.165, 1.54) is 31.4 Å². The zero-order valence-corrected chi connectivity index (χ0v) is 11.5. The van der Waals surface area contributed by atoms with E-state index < -0.39 is 7.20 Å². The van der Waals surface area contributed by atoms with Crippen molar-refractivity contribution in [1.29, 1.82) is 0 Å². The zero-order chi connectivity index (χ0) is 9.73. The third-order valence-electron chi connectivity index (χ3n) is 2.46. The van der Waals surface area contributed by atoms with Gasteiger partial charge >= 0.3 is 0 Å². The molecule has 0 aliphatic carbocycles. The van der Waals surface area contributed by atoms with Crippen molar-refractivity contribution in [1.82, 2.24) is 0 Å². The molecule has 13 heavy (non-hydrogen) atoms. The van der Waals surface area contributed by atoms with E-state index in [4.69, 9.17) is 0 Å². The normalized spacial score (nSPS) is 31.5. The summed E-state index contributed by atoms with van der Waals surface area (Å²) in [5.74, 6) is 1.40. The van der Waals surface area contributed by atoms with E-state index in [0.29, 0.717) is 0 Å². The molecule has 1 rings (SSSR count). The molecular weight excluding hydrogens is 291 g/mol. The van der Waals surface area contributed by atoms with Crippen LogP contribution >= 0.6 is 28.4 Å². The number of hydrogen-bond donors (Lipinski definition) is 0. The molecule has 0 aromatic heterocycles. The van der Waals surface area contributed by atoms with Crippen LogP contribution in [0.4, 0.5) is 0 Å². The van der Waals surface area contributed by atoms with Crippen LogP contribution in [0.2, 0.25) is 0 Å². The summed E-state index contributed by atoms with van der Waals surface area (Å²) < 4.78 is 0. The van der Waals surface area contributed by atoms with Gasteiger partial charge in [0.2, 0.25) is 0 Å². The molecule has 1 atom stereocenters. The second kappa shape index (κ2) is 5.44. The van der Waals surface area contributed by atoms with Gasteiger partial charge in [0.1, 0.15) is 0 Å². The third kappa shape index (κ3) is 3.31. The first kappa shape index (κ1) is 11.6. The molecule has 1 heterocycles. The van der Waals surface area contributed by atoms with Crippen LogP contribution < -0.4 is 0 Å². The fourth-order valence-corrected chi connectivity index (χ4v) is 5.30. The molecule has 76 valence electrons. The SMILES string of the molecule is CCCCCCS1(I)C=CC=C1C. The number of halogens is 1. The summed E-state index contributed by atoms with van der Waals surface area (Å²) in [5, 5.41) is 2.43. The van der Waals surface area contributed by atoms with E-state index in [9.17, 15) is 0 Å². The summed E-state index contributed by atoms with van der Waals surface area (Å²) in [7, 11) is -0.512. The highest BCUT2D eigenvalue weighted by atomic mass is 127. The highest BCUT2D eigenvalue weighted by Gasteiger charge is 2.21. The van der Waals surface area contributed by atoms with Gasteiger partial charge in [-0.05, 0) is 50.6 Å². The summed E-state index contributed by atoms with van der Waals surface area (Å²) in [6, 6.07) is 0. The van der Waals surface area contributed by atoms with Crippen LogP contribution in [0, 0.1) is 0 Å². The Morgan fingerprint density at radius 1 is 1.31 bits per heavy atom. The van der Waals surface area contributed by atoms with Gasteiger partial charge in [0.05, 0.1) is 0 Å². The van der Waals surface area contributed by atoms with Crippen LogP contribution in [0.1, 0.15) is 39.5 Å². The summed E-state index contributed by atoms with van der Waals surface area (Å²) in [6.07, 6.45) is 10.1. The fourth-order valence-electron chi connectivity index (χ4n) is 1.49. The van der Waals surface area contributed by atoms with E-state index in [1.807, 2.05) is 0 Å². The van der Waals surface area contributed by atoms with E-state index in [-0.39, 0.29) is 0 Å². The van der Waals surface area contributed by atoms with Gasteiger partial charge in [-0.2, -0.15) is 0 Å². The highest BCUT2D eigenvalue weighted by molar-refractivity contribution is 14.2. The lowest BCUT2D eigenvalue weighted by Gasteiger charge is -2.28. The van der Waals surface area contributed by atoms with Crippen molar-refractivity contribution in [2.75, 3.05) is 5.75 Å². The molecule has 1 aliphatic heterocycles. The average molecular weight is 310 g/mol. The van der Waals surface area contributed by atoms with Crippen LogP contribution in [-0.4, -0.2) is 5.75 Å². The Kier molecular flexibility index (Phi) is 4.87. The van der Waals surface area contributed by atoms with Crippen molar-refractivity contribution in [3.8, 4) is 0 Å². The van der Waals surface area contributed by atoms with E-state index >= 15 is 0 Å². The molecule has 0 aromatic rings. The van der Waals surface area contributed by atoms with Gasteiger partial charge in [0, 0.05) is 0 Å². The Labute approximate surface area is 95.8 Å². The first-order chi connectivity index (χ1) is 6.19. The van der Waals surface area contributed by atoms with Gasteiger partial charge in [-0.25, -0.2) is 0 Å². The summed E-state index contributed by atoms with van der Waals surface area (Å²) >= 11 is 2.67. The topological polar surface area (TPSA) is 0 Å². The molecule has 1 aliphatic rings. The predicted molar refractivity (Wildman–Crippen MR) is 73.5 cm³/mol. The second-order valence-electron chi connectivity index (χ2n) is 3.57. The van der Waals surface area contributed by atoms with Gasteiger partial charge in [-0.15, -0.1) is 7.20 Å². The number of hydrogen-bond acceptors (Lipinski definition) is 0. The minimum atomic E-state index is -0.512. The zero-order valence-electron chi connectivity index (χ0n) is 8.55. The van der Waals surface area contributed by atoms with Gasteiger partial charge in [0.25, 0.3) is 0 Å². The molecule has 0 spiro atoms. The van der Waals surface area contributed by atoms with Crippen LogP contribution in [-0.2, 0) is 0 Å². The Balaban J connectivity index is 2.28. The maximum absolute atomic E-state index is 2.67. The molecular formula is C11H19IS. The first-order valence-corrected chi connectivity index (χ1v) is 9.45. The van der Waals surface area contributed by atoms with E-state index in [1.54, 1.807) is 4.91 Å². The smallest absolute Gasteiger partial charge is 0.00705 e.